The van der Waals surface area contributed by atoms with Gasteiger partial charge in [-0.1, -0.05) is 24.3 Å². The number of ketones is 2. The number of methoxy groups -OCH3 is 2. The number of hydrogen-bond acceptors (Lipinski definition) is 6. The van der Waals surface area contributed by atoms with Gasteiger partial charge >= 0.3 is 0 Å². The second-order valence-corrected chi connectivity index (χ2v) is 6.48. The first-order valence-electron chi connectivity index (χ1n) is 8.94. The Morgan fingerprint density at radius 1 is 1.07 bits per heavy atom. The molecule has 1 aliphatic rings. The third kappa shape index (κ3) is 4.31. The van der Waals surface area contributed by atoms with Crippen LogP contribution in [-0.4, -0.2) is 50.0 Å². The van der Waals surface area contributed by atoms with Crippen LogP contribution in [0.25, 0.3) is 0 Å². The number of Topliss-reactive ketones (excluding diaryl/α,β-unsaturated/α-hetero) is 2. The molecule has 0 fully saturated rings. The van der Waals surface area contributed by atoms with Gasteiger partial charge in [-0.25, -0.2) is 0 Å². The normalized spacial score (nSPS) is 15.6. The number of allylic oxidation sites excluding steroid dienone is 2. The number of rotatable bonds is 8. The van der Waals surface area contributed by atoms with Gasteiger partial charge in [0.15, 0.2) is 0 Å². The number of aliphatic hydroxyl groups excluding tert-OH is 1. The summed E-state index contributed by atoms with van der Waals surface area (Å²) in [5.41, 5.74) is 2.35. The molecule has 0 aliphatic heterocycles. The summed E-state index contributed by atoms with van der Waals surface area (Å²) < 4.78 is 10.1. The van der Waals surface area contributed by atoms with Gasteiger partial charge in [-0.3, -0.25) is 14.4 Å². The molecule has 0 spiro atoms. The lowest BCUT2D eigenvalue weighted by Gasteiger charge is -2.20. The Balaban J connectivity index is 2.20. The van der Waals surface area contributed by atoms with Crippen molar-refractivity contribution in [3.63, 3.8) is 0 Å². The standard InChI is InChI=1S/C21H25NO6/c1-12(21(26)22-9-10-23)15-7-5-14(6-8-15)11-16-13(2)17(24)19(27-3)20(28-4)18(16)25/h5-8,12,23H,9-11H2,1-4H3,(H,22,26). The van der Waals surface area contributed by atoms with E-state index in [0.717, 1.165) is 11.1 Å². The number of nitrogens with one attached hydrogen (secondary N) is 1. The van der Waals surface area contributed by atoms with Crippen molar-refractivity contribution in [1.29, 1.82) is 0 Å². The monoisotopic (exact) mass is 387 g/mol. The zero-order chi connectivity index (χ0) is 20.8. The summed E-state index contributed by atoms with van der Waals surface area (Å²) in [5, 5.41) is 11.4. The highest BCUT2D eigenvalue weighted by Gasteiger charge is 2.34. The maximum absolute atomic E-state index is 12.7. The lowest BCUT2D eigenvalue weighted by molar-refractivity contribution is -0.122. The van der Waals surface area contributed by atoms with Crippen molar-refractivity contribution < 1.29 is 29.0 Å². The van der Waals surface area contributed by atoms with Gasteiger partial charge in [0.2, 0.25) is 29.0 Å². The first kappa shape index (κ1) is 21.4. The summed E-state index contributed by atoms with van der Waals surface area (Å²) in [6.07, 6.45) is 0.269. The van der Waals surface area contributed by atoms with Crippen molar-refractivity contribution >= 4 is 17.5 Å². The molecule has 0 saturated carbocycles. The summed E-state index contributed by atoms with van der Waals surface area (Å²) in [4.78, 5) is 37.2. The van der Waals surface area contributed by atoms with Gasteiger partial charge in [-0.2, -0.15) is 0 Å². The lowest BCUT2D eigenvalue weighted by atomic mass is 9.88. The Labute approximate surface area is 164 Å². The molecular weight excluding hydrogens is 362 g/mol. The fourth-order valence-corrected chi connectivity index (χ4v) is 3.02. The Morgan fingerprint density at radius 3 is 2.18 bits per heavy atom. The van der Waals surface area contributed by atoms with Gasteiger partial charge in [-0.05, 0) is 25.0 Å². The van der Waals surface area contributed by atoms with Gasteiger partial charge in [-0.15, -0.1) is 0 Å². The Morgan fingerprint density at radius 2 is 1.64 bits per heavy atom. The Hall–Kier alpha value is -2.93. The van der Waals surface area contributed by atoms with E-state index in [1.54, 1.807) is 13.8 Å². The molecule has 0 radical (unpaired) electrons. The highest BCUT2D eigenvalue weighted by Crippen LogP contribution is 2.28. The van der Waals surface area contributed by atoms with Gasteiger partial charge in [0.25, 0.3) is 0 Å². The number of carbonyl (C=O) groups is 3. The molecule has 2 rings (SSSR count). The summed E-state index contributed by atoms with van der Waals surface area (Å²) in [6, 6.07) is 7.28. The van der Waals surface area contributed by atoms with Crippen molar-refractivity contribution in [2.45, 2.75) is 26.2 Å². The summed E-state index contributed by atoms with van der Waals surface area (Å²) in [6.45, 7) is 3.48. The molecule has 1 aliphatic carbocycles. The maximum Gasteiger partial charge on any atom is 0.228 e. The van der Waals surface area contributed by atoms with Crippen molar-refractivity contribution in [2.24, 2.45) is 0 Å². The number of hydrogen-bond donors (Lipinski definition) is 2. The third-order valence-electron chi connectivity index (χ3n) is 4.76. The predicted molar refractivity (Wildman–Crippen MR) is 102 cm³/mol. The number of benzene rings is 1. The number of carbonyl (C=O) groups excluding carboxylic acids is 3. The van der Waals surface area contributed by atoms with E-state index in [4.69, 9.17) is 14.6 Å². The van der Waals surface area contributed by atoms with Crippen LogP contribution in [0.1, 0.15) is 30.9 Å². The SMILES string of the molecule is COC1=C(OC)C(=O)C(Cc2ccc(C(C)C(=O)NCCO)cc2)=C(C)C1=O. The van der Waals surface area contributed by atoms with Crippen LogP contribution in [0.4, 0.5) is 0 Å². The average molecular weight is 387 g/mol. The molecule has 0 bridgehead atoms. The second kappa shape index (κ2) is 9.32. The van der Waals surface area contributed by atoms with E-state index < -0.39 is 0 Å². The fraction of sp³-hybridized carbons (Fsp3) is 0.381. The van der Waals surface area contributed by atoms with Crippen LogP contribution in [0.5, 0.6) is 0 Å². The molecule has 0 aromatic heterocycles. The quantitative estimate of drug-likeness (QED) is 0.654. The molecule has 150 valence electrons. The van der Waals surface area contributed by atoms with E-state index in [0.29, 0.717) is 11.1 Å². The maximum atomic E-state index is 12.7. The van der Waals surface area contributed by atoms with E-state index in [9.17, 15) is 14.4 Å². The van der Waals surface area contributed by atoms with E-state index >= 15 is 0 Å². The topological polar surface area (TPSA) is 102 Å². The third-order valence-corrected chi connectivity index (χ3v) is 4.76. The van der Waals surface area contributed by atoms with E-state index in [1.807, 2.05) is 24.3 Å². The highest BCUT2D eigenvalue weighted by molar-refractivity contribution is 6.23. The predicted octanol–water partition coefficient (Wildman–Crippen LogP) is 1.41. The molecule has 1 amide bonds. The molecule has 28 heavy (non-hydrogen) atoms. The minimum Gasteiger partial charge on any atom is -0.489 e. The summed E-state index contributed by atoms with van der Waals surface area (Å²) in [7, 11) is 2.66. The van der Waals surface area contributed by atoms with Gasteiger partial charge in [0.05, 0.1) is 26.7 Å². The minimum absolute atomic E-state index is 0.0770. The second-order valence-electron chi connectivity index (χ2n) is 6.48. The largest absolute Gasteiger partial charge is 0.489 e. The Bertz CT molecular complexity index is 835. The molecular formula is C21H25NO6. The molecule has 1 atom stereocenters. The molecule has 1 unspecified atom stereocenters. The molecule has 1 aromatic rings. The van der Waals surface area contributed by atoms with Gasteiger partial charge < -0.3 is 19.9 Å². The Kier molecular flexibility index (Phi) is 7.12. The van der Waals surface area contributed by atoms with Crippen LogP contribution in [0.15, 0.2) is 46.9 Å². The zero-order valence-electron chi connectivity index (χ0n) is 16.5. The van der Waals surface area contributed by atoms with Crippen molar-refractivity contribution in [3.05, 3.63) is 58.1 Å². The van der Waals surface area contributed by atoms with E-state index in [-0.39, 0.29) is 54.5 Å². The number of ether oxygens (including phenoxy) is 2. The van der Waals surface area contributed by atoms with Crippen molar-refractivity contribution in [1.82, 2.24) is 5.32 Å². The van der Waals surface area contributed by atoms with Crippen LogP contribution >= 0.6 is 0 Å². The number of amides is 1. The molecule has 1 aromatic carbocycles. The highest BCUT2D eigenvalue weighted by atomic mass is 16.5. The van der Waals surface area contributed by atoms with Crippen molar-refractivity contribution in [2.75, 3.05) is 27.4 Å². The minimum atomic E-state index is -0.369. The van der Waals surface area contributed by atoms with Crippen LogP contribution in [0.2, 0.25) is 0 Å². The van der Waals surface area contributed by atoms with E-state index in [1.165, 1.54) is 14.2 Å². The molecule has 2 N–H and O–H groups in total. The van der Waals surface area contributed by atoms with Crippen LogP contribution in [0.3, 0.4) is 0 Å². The first-order valence-corrected chi connectivity index (χ1v) is 8.94. The molecule has 7 nitrogen and oxygen atoms in total. The smallest absolute Gasteiger partial charge is 0.228 e. The lowest BCUT2D eigenvalue weighted by Crippen LogP contribution is -2.30. The summed E-state index contributed by atoms with van der Waals surface area (Å²) in [5.74, 6) is -1.43. The molecule has 0 saturated heterocycles. The molecule has 7 heteroatoms. The first-order chi connectivity index (χ1) is 13.3. The van der Waals surface area contributed by atoms with Gasteiger partial charge in [0.1, 0.15) is 0 Å². The number of aliphatic hydroxyl groups is 1. The summed E-state index contributed by atoms with van der Waals surface area (Å²) >= 11 is 0. The van der Waals surface area contributed by atoms with E-state index in [2.05, 4.69) is 5.32 Å². The average Bonchev–Trinajstić information content (AvgIpc) is 2.71. The van der Waals surface area contributed by atoms with Crippen LogP contribution < -0.4 is 5.32 Å². The van der Waals surface area contributed by atoms with Crippen LogP contribution in [-0.2, 0) is 30.3 Å². The molecule has 0 heterocycles. The van der Waals surface area contributed by atoms with Gasteiger partial charge in [0, 0.05) is 24.1 Å². The van der Waals surface area contributed by atoms with Crippen molar-refractivity contribution in [3.8, 4) is 0 Å². The fourth-order valence-electron chi connectivity index (χ4n) is 3.02. The zero-order valence-corrected chi connectivity index (χ0v) is 16.5. The van der Waals surface area contributed by atoms with Crippen LogP contribution in [0, 0.1) is 0 Å².